The van der Waals surface area contributed by atoms with Gasteiger partial charge in [-0.25, -0.2) is 0 Å². The highest BCUT2D eigenvalue weighted by atomic mass is 16.5. The monoisotopic (exact) mass is 522 g/mol. The molecular weight excluding hydrogens is 496 g/mol. The van der Waals surface area contributed by atoms with Crippen LogP contribution in [0.2, 0.25) is 0 Å². The minimum atomic E-state index is 0.838. The Labute approximate surface area is 238 Å². The Balaban J connectivity index is 1.32. The van der Waals surface area contributed by atoms with Crippen LogP contribution in [-0.2, 0) is 0 Å². The zero-order valence-electron chi connectivity index (χ0n) is 22.4. The van der Waals surface area contributed by atoms with Gasteiger partial charge >= 0.3 is 0 Å². The second-order valence-electron chi connectivity index (χ2n) is 10.5. The highest BCUT2D eigenvalue weighted by Gasteiger charge is 2.16. The number of rotatable bonds is 4. The average Bonchev–Trinajstić information content (AvgIpc) is 3.05. The molecule has 0 atom stereocenters. The van der Waals surface area contributed by atoms with E-state index in [4.69, 9.17) is 4.74 Å². The molecule has 0 heterocycles. The molecule has 0 unspecified atom stereocenters. The van der Waals surface area contributed by atoms with Gasteiger partial charge in [0.25, 0.3) is 0 Å². The Morgan fingerprint density at radius 3 is 1.07 bits per heavy atom. The Bertz CT molecular complexity index is 2080. The van der Waals surface area contributed by atoms with Crippen molar-refractivity contribution < 1.29 is 4.74 Å². The number of fused-ring (bicyclic) bond motifs is 6. The van der Waals surface area contributed by atoms with Gasteiger partial charge in [0.15, 0.2) is 0 Å². The smallest absolute Gasteiger partial charge is 0.135 e. The van der Waals surface area contributed by atoms with E-state index in [-0.39, 0.29) is 0 Å². The molecule has 0 spiro atoms. The van der Waals surface area contributed by atoms with Crippen molar-refractivity contribution >= 4 is 43.1 Å². The van der Waals surface area contributed by atoms with E-state index in [1.807, 2.05) is 0 Å². The SMILES string of the molecule is c1ccc(-c2cc3ccccc3c3ccccc23)c(Oc2ccccc2-c2cc3ccccc3c3ccccc23)c1. The van der Waals surface area contributed by atoms with E-state index in [2.05, 4.69) is 158 Å². The van der Waals surface area contributed by atoms with Crippen LogP contribution in [0.3, 0.4) is 0 Å². The number of hydrogen-bond donors (Lipinski definition) is 0. The molecular formula is C40H26O. The lowest BCUT2D eigenvalue weighted by Gasteiger charge is -2.18. The van der Waals surface area contributed by atoms with E-state index in [1.54, 1.807) is 0 Å². The van der Waals surface area contributed by atoms with Crippen LogP contribution in [0.15, 0.2) is 158 Å². The van der Waals surface area contributed by atoms with Crippen molar-refractivity contribution in [1.29, 1.82) is 0 Å². The van der Waals surface area contributed by atoms with Crippen molar-refractivity contribution in [2.45, 2.75) is 0 Å². The fraction of sp³-hybridized carbons (Fsp3) is 0. The van der Waals surface area contributed by atoms with Crippen molar-refractivity contribution in [3.05, 3.63) is 158 Å². The van der Waals surface area contributed by atoms with Crippen LogP contribution in [0.4, 0.5) is 0 Å². The molecule has 0 radical (unpaired) electrons. The Kier molecular flexibility index (Phi) is 5.53. The third-order valence-corrected chi connectivity index (χ3v) is 8.11. The number of para-hydroxylation sites is 2. The normalized spacial score (nSPS) is 11.4. The molecule has 192 valence electrons. The first-order chi connectivity index (χ1) is 20.3. The number of ether oxygens (including phenoxy) is 1. The van der Waals surface area contributed by atoms with Gasteiger partial charge in [0, 0.05) is 11.1 Å². The quantitative estimate of drug-likeness (QED) is 0.209. The molecule has 0 aliphatic heterocycles. The highest BCUT2D eigenvalue weighted by Crippen LogP contribution is 2.44. The predicted octanol–water partition coefficient (Wildman–Crippen LogP) is 11.4. The van der Waals surface area contributed by atoms with Gasteiger partial charge in [0.1, 0.15) is 11.5 Å². The topological polar surface area (TPSA) is 9.23 Å². The number of benzene rings is 8. The maximum atomic E-state index is 6.87. The van der Waals surface area contributed by atoms with Crippen molar-refractivity contribution in [3.8, 4) is 33.8 Å². The summed E-state index contributed by atoms with van der Waals surface area (Å²) >= 11 is 0. The molecule has 0 aromatic heterocycles. The standard InChI is InChI=1S/C40H26O/c1-3-15-29-27(13-1)25-37(33-19-7-5-17-31(29)33)35-21-9-11-23-39(35)41-40-24-12-10-22-36(40)38-26-28-14-2-4-16-30(28)32-18-6-8-20-34(32)38/h1-26H. The average molecular weight is 523 g/mol. The molecule has 0 aliphatic carbocycles. The largest absolute Gasteiger partial charge is 0.456 e. The summed E-state index contributed by atoms with van der Waals surface area (Å²) in [6, 6.07) is 55.9. The van der Waals surface area contributed by atoms with E-state index in [0.717, 1.165) is 22.6 Å². The van der Waals surface area contributed by atoms with E-state index >= 15 is 0 Å². The minimum Gasteiger partial charge on any atom is -0.456 e. The minimum absolute atomic E-state index is 0.838. The van der Waals surface area contributed by atoms with Gasteiger partial charge < -0.3 is 4.74 Å². The fourth-order valence-corrected chi connectivity index (χ4v) is 6.23. The molecule has 1 nitrogen and oxygen atoms in total. The van der Waals surface area contributed by atoms with Gasteiger partial charge in [-0.1, -0.05) is 133 Å². The van der Waals surface area contributed by atoms with Crippen LogP contribution in [0.25, 0.3) is 65.3 Å². The summed E-state index contributed by atoms with van der Waals surface area (Å²) in [6.07, 6.45) is 0. The van der Waals surface area contributed by atoms with Crippen molar-refractivity contribution in [1.82, 2.24) is 0 Å². The van der Waals surface area contributed by atoms with Gasteiger partial charge in [-0.15, -0.1) is 0 Å². The Morgan fingerprint density at radius 1 is 0.268 bits per heavy atom. The van der Waals surface area contributed by atoms with Crippen LogP contribution < -0.4 is 4.74 Å². The first-order valence-corrected chi connectivity index (χ1v) is 14.0. The molecule has 0 saturated carbocycles. The summed E-state index contributed by atoms with van der Waals surface area (Å²) in [5.74, 6) is 1.68. The maximum absolute atomic E-state index is 6.87. The van der Waals surface area contributed by atoms with Crippen LogP contribution in [0, 0.1) is 0 Å². The van der Waals surface area contributed by atoms with Crippen LogP contribution in [0.1, 0.15) is 0 Å². The molecule has 0 amide bonds. The Morgan fingerprint density at radius 2 is 0.610 bits per heavy atom. The zero-order valence-corrected chi connectivity index (χ0v) is 22.4. The molecule has 0 saturated heterocycles. The summed E-state index contributed by atoms with van der Waals surface area (Å²) in [4.78, 5) is 0. The van der Waals surface area contributed by atoms with Gasteiger partial charge in [0.2, 0.25) is 0 Å². The summed E-state index contributed by atoms with van der Waals surface area (Å²) < 4.78 is 6.87. The van der Waals surface area contributed by atoms with E-state index < -0.39 is 0 Å². The van der Waals surface area contributed by atoms with Crippen LogP contribution in [-0.4, -0.2) is 0 Å². The molecule has 0 fully saturated rings. The second-order valence-corrected chi connectivity index (χ2v) is 10.5. The van der Waals surface area contributed by atoms with Crippen LogP contribution >= 0.6 is 0 Å². The summed E-state index contributed by atoms with van der Waals surface area (Å²) in [5.41, 5.74) is 4.49. The predicted molar refractivity (Wildman–Crippen MR) is 174 cm³/mol. The zero-order chi connectivity index (χ0) is 27.2. The van der Waals surface area contributed by atoms with Gasteiger partial charge in [-0.05, 0) is 78.5 Å². The van der Waals surface area contributed by atoms with Gasteiger partial charge in [-0.2, -0.15) is 0 Å². The Hall–Kier alpha value is -5.40. The van der Waals surface area contributed by atoms with E-state index in [0.29, 0.717) is 0 Å². The highest BCUT2D eigenvalue weighted by molar-refractivity contribution is 6.15. The third kappa shape index (κ3) is 3.94. The first-order valence-electron chi connectivity index (χ1n) is 14.0. The molecule has 1 heteroatoms. The molecule has 0 bridgehead atoms. The van der Waals surface area contributed by atoms with Gasteiger partial charge in [-0.3, -0.25) is 0 Å². The molecule has 41 heavy (non-hydrogen) atoms. The van der Waals surface area contributed by atoms with Crippen molar-refractivity contribution in [3.63, 3.8) is 0 Å². The number of hydrogen-bond acceptors (Lipinski definition) is 1. The van der Waals surface area contributed by atoms with Gasteiger partial charge in [0.05, 0.1) is 0 Å². The van der Waals surface area contributed by atoms with E-state index in [1.165, 1.54) is 54.2 Å². The summed E-state index contributed by atoms with van der Waals surface area (Å²) in [6.45, 7) is 0. The van der Waals surface area contributed by atoms with E-state index in [9.17, 15) is 0 Å². The summed E-state index contributed by atoms with van der Waals surface area (Å²) in [7, 11) is 0. The molecule has 8 rings (SSSR count). The third-order valence-electron chi connectivity index (χ3n) is 8.11. The van der Waals surface area contributed by atoms with Crippen molar-refractivity contribution in [2.24, 2.45) is 0 Å². The lowest BCUT2D eigenvalue weighted by molar-refractivity contribution is 0.486. The fourth-order valence-electron chi connectivity index (χ4n) is 6.23. The molecule has 0 aliphatic rings. The van der Waals surface area contributed by atoms with Crippen LogP contribution in [0.5, 0.6) is 11.5 Å². The molecule has 8 aromatic rings. The van der Waals surface area contributed by atoms with Crippen molar-refractivity contribution in [2.75, 3.05) is 0 Å². The maximum Gasteiger partial charge on any atom is 0.135 e. The lowest BCUT2D eigenvalue weighted by atomic mass is 9.92. The molecule has 0 N–H and O–H groups in total. The second kappa shape index (κ2) is 9.66. The summed E-state index contributed by atoms with van der Waals surface area (Å²) in [5, 5.41) is 9.90. The first kappa shape index (κ1) is 23.5. The lowest BCUT2D eigenvalue weighted by Crippen LogP contribution is -1.93. The molecule has 8 aromatic carbocycles.